The van der Waals surface area contributed by atoms with Crippen molar-refractivity contribution < 1.29 is 9.18 Å². The van der Waals surface area contributed by atoms with Crippen molar-refractivity contribution in [3.8, 4) is 0 Å². The van der Waals surface area contributed by atoms with Crippen LogP contribution in [0, 0.1) is 12.7 Å². The second-order valence-electron chi connectivity index (χ2n) is 3.82. The second-order valence-corrected chi connectivity index (χ2v) is 5.00. The standard InChI is InChI=1S/C11H8FN5OS/c1-6-15-16-11(19-6)14-10(18)8-5-17-4-7(12)2-3-9(17)13-8/h2-5H,1H3,(H,14,16,18). The Balaban J connectivity index is 1.89. The van der Waals surface area contributed by atoms with Gasteiger partial charge in [-0.2, -0.15) is 0 Å². The maximum Gasteiger partial charge on any atom is 0.277 e. The van der Waals surface area contributed by atoms with Gasteiger partial charge in [-0.15, -0.1) is 10.2 Å². The van der Waals surface area contributed by atoms with Gasteiger partial charge in [-0.05, 0) is 19.1 Å². The molecule has 0 fully saturated rings. The Bertz CT molecular complexity index is 765. The molecule has 0 radical (unpaired) electrons. The lowest BCUT2D eigenvalue weighted by Gasteiger charge is -1.95. The van der Waals surface area contributed by atoms with Crippen LogP contribution in [-0.4, -0.2) is 25.5 Å². The van der Waals surface area contributed by atoms with E-state index in [1.807, 2.05) is 0 Å². The maximum atomic E-state index is 13.0. The van der Waals surface area contributed by atoms with Crippen molar-refractivity contribution >= 4 is 28.0 Å². The molecule has 1 amide bonds. The number of amides is 1. The number of pyridine rings is 1. The number of hydrogen-bond acceptors (Lipinski definition) is 5. The molecule has 6 nitrogen and oxygen atoms in total. The Hall–Kier alpha value is -2.35. The van der Waals surface area contributed by atoms with E-state index >= 15 is 0 Å². The Morgan fingerprint density at radius 3 is 2.95 bits per heavy atom. The van der Waals surface area contributed by atoms with Crippen LogP contribution in [0.15, 0.2) is 24.5 Å². The monoisotopic (exact) mass is 277 g/mol. The van der Waals surface area contributed by atoms with Gasteiger partial charge < -0.3 is 4.40 Å². The first-order chi connectivity index (χ1) is 9.11. The topological polar surface area (TPSA) is 72.2 Å². The van der Waals surface area contributed by atoms with E-state index in [0.29, 0.717) is 10.8 Å². The number of nitrogens with one attached hydrogen (secondary N) is 1. The molecule has 3 heterocycles. The quantitative estimate of drug-likeness (QED) is 0.776. The molecule has 0 saturated heterocycles. The molecule has 8 heteroatoms. The van der Waals surface area contributed by atoms with Gasteiger partial charge in [0.2, 0.25) is 5.13 Å². The van der Waals surface area contributed by atoms with E-state index in [2.05, 4.69) is 20.5 Å². The third-order valence-electron chi connectivity index (χ3n) is 2.39. The average Bonchev–Trinajstić information content (AvgIpc) is 2.95. The lowest BCUT2D eigenvalue weighted by atomic mass is 10.4. The molecule has 3 aromatic rings. The van der Waals surface area contributed by atoms with E-state index in [1.54, 1.807) is 6.92 Å². The molecular formula is C11H8FN5OS. The molecule has 0 unspecified atom stereocenters. The fourth-order valence-electron chi connectivity index (χ4n) is 1.58. The van der Waals surface area contributed by atoms with Crippen molar-refractivity contribution in [1.82, 2.24) is 19.6 Å². The Morgan fingerprint density at radius 2 is 2.21 bits per heavy atom. The molecule has 0 spiro atoms. The van der Waals surface area contributed by atoms with Crippen molar-refractivity contribution in [1.29, 1.82) is 0 Å². The van der Waals surface area contributed by atoms with E-state index < -0.39 is 11.7 Å². The predicted molar refractivity (Wildman–Crippen MR) is 67.7 cm³/mol. The number of anilines is 1. The van der Waals surface area contributed by atoms with Crippen LogP contribution in [0.2, 0.25) is 0 Å². The third kappa shape index (κ3) is 2.29. The number of nitrogens with zero attached hydrogens (tertiary/aromatic N) is 4. The largest absolute Gasteiger partial charge is 0.303 e. The first kappa shape index (κ1) is 11.7. The molecule has 0 bridgehead atoms. The zero-order chi connectivity index (χ0) is 13.4. The number of hydrogen-bond donors (Lipinski definition) is 1. The van der Waals surface area contributed by atoms with Gasteiger partial charge in [0.25, 0.3) is 5.91 Å². The molecule has 0 aliphatic rings. The van der Waals surface area contributed by atoms with E-state index in [0.717, 1.165) is 5.01 Å². The molecule has 3 rings (SSSR count). The van der Waals surface area contributed by atoms with Crippen molar-refractivity contribution in [3.05, 3.63) is 41.0 Å². The predicted octanol–water partition coefficient (Wildman–Crippen LogP) is 1.89. The average molecular weight is 277 g/mol. The van der Waals surface area contributed by atoms with Crippen molar-refractivity contribution in [2.45, 2.75) is 6.92 Å². The molecule has 3 aromatic heterocycles. The van der Waals surface area contributed by atoms with Gasteiger partial charge in [-0.3, -0.25) is 10.1 Å². The Morgan fingerprint density at radius 1 is 1.37 bits per heavy atom. The zero-order valence-electron chi connectivity index (χ0n) is 9.79. The number of carbonyl (C=O) groups is 1. The Kier molecular flexibility index (Phi) is 2.71. The van der Waals surface area contributed by atoms with Crippen LogP contribution in [0.5, 0.6) is 0 Å². The lowest BCUT2D eigenvalue weighted by Crippen LogP contribution is -2.12. The first-order valence-electron chi connectivity index (χ1n) is 5.37. The van der Waals surface area contributed by atoms with Gasteiger partial charge in [-0.25, -0.2) is 9.37 Å². The summed E-state index contributed by atoms with van der Waals surface area (Å²) in [5, 5.41) is 11.3. The highest BCUT2D eigenvalue weighted by Crippen LogP contribution is 2.15. The highest BCUT2D eigenvalue weighted by Gasteiger charge is 2.13. The third-order valence-corrected chi connectivity index (χ3v) is 3.15. The molecule has 19 heavy (non-hydrogen) atoms. The molecule has 0 aliphatic carbocycles. The highest BCUT2D eigenvalue weighted by atomic mass is 32.1. The van der Waals surface area contributed by atoms with Crippen LogP contribution < -0.4 is 5.32 Å². The fourth-order valence-corrected chi connectivity index (χ4v) is 2.17. The zero-order valence-corrected chi connectivity index (χ0v) is 10.6. The van der Waals surface area contributed by atoms with Crippen LogP contribution in [0.4, 0.5) is 9.52 Å². The number of fused-ring (bicyclic) bond motifs is 1. The van der Waals surface area contributed by atoms with Crippen LogP contribution in [0.25, 0.3) is 5.65 Å². The van der Waals surface area contributed by atoms with E-state index in [-0.39, 0.29) is 5.69 Å². The fraction of sp³-hybridized carbons (Fsp3) is 0.0909. The number of carbonyl (C=O) groups excluding carboxylic acids is 1. The summed E-state index contributed by atoms with van der Waals surface area (Å²) < 4.78 is 14.5. The highest BCUT2D eigenvalue weighted by molar-refractivity contribution is 7.15. The molecule has 96 valence electrons. The van der Waals surface area contributed by atoms with Crippen molar-refractivity contribution in [2.75, 3.05) is 5.32 Å². The summed E-state index contributed by atoms with van der Waals surface area (Å²) in [5.41, 5.74) is 0.693. The summed E-state index contributed by atoms with van der Waals surface area (Å²) in [6.07, 6.45) is 2.72. The van der Waals surface area contributed by atoms with Crippen molar-refractivity contribution in [3.63, 3.8) is 0 Å². The van der Waals surface area contributed by atoms with Crippen molar-refractivity contribution in [2.24, 2.45) is 0 Å². The van der Waals surface area contributed by atoms with E-state index in [1.165, 1.54) is 40.3 Å². The molecule has 0 atom stereocenters. The van der Waals surface area contributed by atoms with Crippen LogP contribution in [-0.2, 0) is 0 Å². The maximum absolute atomic E-state index is 13.0. The SMILES string of the molecule is Cc1nnc(NC(=O)c2cn3cc(F)ccc3n2)s1. The normalized spacial score (nSPS) is 10.8. The van der Waals surface area contributed by atoms with E-state index in [9.17, 15) is 9.18 Å². The summed E-state index contributed by atoms with van der Waals surface area (Å²) in [7, 11) is 0. The van der Waals surface area contributed by atoms with Crippen LogP contribution in [0.3, 0.4) is 0 Å². The van der Waals surface area contributed by atoms with Gasteiger partial charge in [0.05, 0.1) is 0 Å². The molecular weight excluding hydrogens is 269 g/mol. The second kappa shape index (κ2) is 4.39. The van der Waals surface area contributed by atoms with E-state index in [4.69, 9.17) is 0 Å². The van der Waals surface area contributed by atoms with Gasteiger partial charge in [0, 0.05) is 12.4 Å². The number of halogens is 1. The lowest BCUT2D eigenvalue weighted by molar-refractivity contribution is 0.102. The molecule has 1 N–H and O–H groups in total. The van der Waals surface area contributed by atoms with Gasteiger partial charge in [0.1, 0.15) is 22.2 Å². The summed E-state index contributed by atoms with van der Waals surface area (Å²) >= 11 is 1.27. The number of imidazole rings is 1. The summed E-state index contributed by atoms with van der Waals surface area (Å²) in [4.78, 5) is 16.0. The number of rotatable bonds is 2. The van der Waals surface area contributed by atoms with Crippen LogP contribution in [0.1, 0.15) is 15.5 Å². The smallest absolute Gasteiger partial charge is 0.277 e. The number of aryl methyl sites for hydroxylation is 1. The summed E-state index contributed by atoms with van der Waals surface area (Å²) in [6, 6.07) is 2.79. The summed E-state index contributed by atoms with van der Waals surface area (Å²) in [5.74, 6) is -0.795. The van der Waals surface area contributed by atoms with Gasteiger partial charge in [-0.1, -0.05) is 11.3 Å². The van der Waals surface area contributed by atoms with Crippen LogP contribution >= 0.6 is 11.3 Å². The minimum atomic E-state index is -0.403. The minimum Gasteiger partial charge on any atom is -0.303 e. The minimum absolute atomic E-state index is 0.193. The first-order valence-corrected chi connectivity index (χ1v) is 6.19. The van der Waals surface area contributed by atoms with Gasteiger partial charge >= 0.3 is 0 Å². The molecule has 0 saturated carbocycles. The molecule has 0 aromatic carbocycles. The summed E-state index contributed by atoms with van der Waals surface area (Å²) in [6.45, 7) is 1.79. The number of aromatic nitrogens is 4. The molecule has 0 aliphatic heterocycles. The Labute approximate surface area is 110 Å². The van der Waals surface area contributed by atoms with Gasteiger partial charge in [0.15, 0.2) is 0 Å².